The molecular weight excluding hydrogens is 372 g/mol. The van der Waals surface area contributed by atoms with E-state index in [1.54, 1.807) is 56.3 Å². The minimum Gasteiger partial charge on any atom is -0.466 e. The van der Waals surface area contributed by atoms with Crippen molar-refractivity contribution in [3.63, 3.8) is 0 Å². The molecule has 0 aliphatic rings. The average Bonchev–Trinajstić information content (AvgIpc) is 2.72. The average molecular weight is 398 g/mol. The van der Waals surface area contributed by atoms with Crippen LogP contribution in [0.5, 0.6) is 0 Å². The number of hydrogen-bond acceptors (Lipinski definition) is 6. The van der Waals surface area contributed by atoms with Gasteiger partial charge in [0.15, 0.2) is 11.9 Å². The van der Waals surface area contributed by atoms with Gasteiger partial charge in [-0.25, -0.2) is 4.79 Å². The highest BCUT2D eigenvalue weighted by molar-refractivity contribution is 6.10. The fourth-order valence-electron chi connectivity index (χ4n) is 2.97. The van der Waals surface area contributed by atoms with Crippen LogP contribution in [-0.2, 0) is 36.6 Å². The van der Waals surface area contributed by atoms with Gasteiger partial charge in [0, 0.05) is 24.7 Å². The molecule has 0 fully saturated rings. The fourth-order valence-corrected chi connectivity index (χ4v) is 2.97. The van der Waals surface area contributed by atoms with E-state index in [-0.39, 0.29) is 31.4 Å². The summed E-state index contributed by atoms with van der Waals surface area (Å²) in [6.07, 6.45) is -0.415. The van der Waals surface area contributed by atoms with Crippen molar-refractivity contribution in [2.24, 2.45) is 0 Å². The molecule has 0 saturated heterocycles. The molecular formula is C23H26O6. The maximum Gasteiger partial charge on any atom is 0.335 e. The van der Waals surface area contributed by atoms with Gasteiger partial charge in [0.2, 0.25) is 0 Å². The number of benzene rings is 2. The number of methoxy groups -OCH3 is 1. The Balaban J connectivity index is 2.24. The molecule has 2 aromatic rings. The molecule has 6 heteroatoms. The highest BCUT2D eigenvalue weighted by atomic mass is 16.6. The lowest BCUT2D eigenvalue weighted by atomic mass is 9.95. The first-order valence-electron chi connectivity index (χ1n) is 9.56. The van der Waals surface area contributed by atoms with Crippen LogP contribution >= 0.6 is 0 Å². The van der Waals surface area contributed by atoms with E-state index in [4.69, 9.17) is 14.2 Å². The number of esters is 2. The van der Waals surface area contributed by atoms with Crippen LogP contribution in [0.15, 0.2) is 48.5 Å². The van der Waals surface area contributed by atoms with Crippen molar-refractivity contribution in [2.45, 2.75) is 32.8 Å². The Morgan fingerprint density at radius 3 is 2.34 bits per heavy atom. The van der Waals surface area contributed by atoms with Gasteiger partial charge in [0.05, 0.1) is 19.6 Å². The Morgan fingerprint density at radius 2 is 1.66 bits per heavy atom. The van der Waals surface area contributed by atoms with Crippen molar-refractivity contribution in [3.8, 4) is 0 Å². The fraction of sp³-hybridized carbons (Fsp3) is 0.348. The molecule has 1 atom stereocenters. The van der Waals surface area contributed by atoms with Crippen LogP contribution < -0.4 is 0 Å². The molecule has 0 aliphatic heterocycles. The van der Waals surface area contributed by atoms with Crippen LogP contribution in [0.3, 0.4) is 0 Å². The second-order valence-corrected chi connectivity index (χ2v) is 6.35. The van der Waals surface area contributed by atoms with Crippen LogP contribution in [-0.4, -0.2) is 44.1 Å². The molecule has 0 saturated carbocycles. The van der Waals surface area contributed by atoms with Crippen molar-refractivity contribution in [1.29, 1.82) is 0 Å². The van der Waals surface area contributed by atoms with E-state index >= 15 is 0 Å². The standard InChI is InChI=1S/C23H26O6/c1-4-28-21(24)15-17-10-6-7-12-19(17)22(25)18-11-8-9-16(13-18)14-20(27-3)23(26)29-5-2/h6-13,20H,4-5,14-15H2,1-3H3. The Bertz CT molecular complexity index is 858. The van der Waals surface area contributed by atoms with Crippen molar-refractivity contribution >= 4 is 17.7 Å². The molecule has 0 amide bonds. The topological polar surface area (TPSA) is 78.9 Å². The van der Waals surface area contributed by atoms with Crippen molar-refractivity contribution in [1.82, 2.24) is 0 Å². The molecule has 0 radical (unpaired) electrons. The van der Waals surface area contributed by atoms with Gasteiger partial charge < -0.3 is 14.2 Å². The van der Waals surface area contributed by atoms with E-state index in [0.29, 0.717) is 23.1 Å². The first kappa shape index (κ1) is 22.3. The second kappa shape index (κ2) is 11.1. The molecule has 6 nitrogen and oxygen atoms in total. The van der Waals surface area contributed by atoms with Gasteiger partial charge >= 0.3 is 11.9 Å². The van der Waals surface area contributed by atoms with Crippen LogP contribution in [0, 0.1) is 0 Å². The zero-order valence-corrected chi connectivity index (χ0v) is 17.0. The van der Waals surface area contributed by atoms with Crippen LogP contribution in [0.2, 0.25) is 0 Å². The number of ketones is 1. The third-order valence-electron chi connectivity index (χ3n) is 4.35. The molecule has 29 heavy (non-hydrogen) atoms. The van der Waals surface area contributed by atoms with Crippen LogP contribution in [0.1, 0.15) is 40.9 Å². The van der Waals surface area contributed by atoms with E-state index in [9.17, 15) is 14.4 Å². The second-order valence-electron chi connectivity index (χ2n) is 6.35. The Morgan fingerprint density at radius 1 is 0.931 bits per heavy atom. The minimum atomic E-state index is -0.739. The first-order chi connectivity index (χ1) is 14.0. The summed E-state index contributed by atoms with van der Waals surface area (Å²) >= 11 is 0. The molecule has 2 rings (SSSR count). The van der Waals surface area contributed by atoms with Crippen molar-refractivity contribution < 1.29 is 28.6 Å². The van der Waals surface area contributed by atoms with E-state index < -0.39 is 12.1 Å². The van der Waals surface area contributed by atoms with Gasteiger partial charge in [0.25, 0.3) is 0 Å². The Hall–Kier alpha value is -2.99. The summed E-state index contributed by atoms with van der Waals surface area (Å²) in [6.45, 7) is 4.04. The highest BCUT2D eigenvalue weighted by Crippen LogP contribution is 2.18. The number of hydrogen-bond donors (Lipinski definition) is 0. The van der Waals surface area contributed by atoms with Crippen molar-refractivity contribution in [3.05, 3.63) is 70.8 Å². The molecule has 0 heterocycles. The third-order valence-corrected chi connectivity index (χ3v) is 4.35. The SMILES string of the molecule is CCOC(=O)Cc1ccccc1C(=O)c1cccc(CC(OC)C(=O)OCC)c1. The molecule has 2 aromatic carbocycles. The molecule has 154 valence electrons. The number of ether oxygens (including phenoxy) is 3. The summed E-state index contributed by atoms with van der Waals surface area (Å²) in [7, 11) is 1.45. The summed E-state index contributed by atoms with van der Waals surface area (Å²) in [5, 5.41) is 0. The van der Waals surface area contributed by atoms with Gasteiger partial charge in [-0.1, -0.05) is 42.5 Å². The molecule has 0 aliphatic carbocycles. The normalized spacial score (nSPS) is 11.6. The van der Waals surface area contributed by atoms with Gasteiger partial charge in [-0.05, 0) is 31.0 Å². The first-order valence-corrected chi connectivity index (χ1v) is 9.56. The largest absolute Gasteiger partial charge is 0.466 e. The lowest BCUT2D eigenvalue weighted by molar-refractivity contribution is -0.154. The molecule has 0 aromatic heterocycles. The quantitative estimate of drug-likeness (QED) is 0.452. The van der Waals surface area contributed by atoms with Gasteiger partial charge in [-0.2, -0.15) is 0 Å². The van der Waals surface area contributed by atoms with E-state index in [1.807, 2.05) is 6.07 Å². The van der Waals surface area contributed by atoms with E-state index in [2.05, 4.69) is 0 Å². The third kappa shape index (κ3) is 6.26. The Kier molecular flexibility index (Phi) is 8.55. The summed E-state index contributed by atoms with van der Waals surface area (Å²) in [4.78, 5) is 36.9. The van der Waals surface area contributed by atoms with Gasteiger partial charge in [-0.3, -0.25) is 9.59 Å². The van der Waals surface area contributed by atoms with Crippen LogP contribution in [0.4, 0.5) is 0 Å². The molecule has 0 spiro atoms. The Labute approximate surface area is 170 Å². The predicted octanol–water partition coefficient (Wildman–Crippen LogP) is 3.14. The summed E-state index contributed by atoms with van der Waals surface area (Å²) in [6, 6.07) is 14.0. The lowest BCUT2D eigenvalue weighted by Gasteiger charge is -2.14. The van der Waals surface area contributed by atoms with Crippen molar-refractivity contribution in [2.75, 3.05) is 20.3 Å². The zero-order valence-electron chi connectivity index (χ0n) is 17.0. The van der Waals surface area contributed by atoms with Gasteiger partial charge in [-0.15, -0.1) is 0 Å². The maximum atomic E-state index is 13.1. The smallest absolute Gasteiger partial charge is 0.335 e. The minimum absolute atomic E-state index is 0.0318. The van der Waals surface area contributed by atoms with E-state index in [1.165, 1.54) is 7.11 Å². The molecule has 0 N–H and O–H groups in total. The molecule has 1 unspecified atom stereocenters. The summed E-state index contributed by atoms with van der Waals surface area (Å²) < 4.78 is 15.2. The number of carbonyl (C=O) groups excluding carboxylic acids is 3. The predicted molar refractivity (Wildman–Crippen MR) is 108 cm³/mol. The summed E-state index contributed by atoms with van der Waals surface area (Å²) in [5.41, 5.74) is 2.31. The maximum absolute atomic E-state index is 13.1. The van der Waals surface area contributed by atoms with E-state index in [0.717, 1.165) is 5.56 Å². The molecule has 0 bridgehead atoms. The number of rotatable bonds is 10. The number of carbonyl (C=O) groups is 3. The summed E-state index contributed by atoms with van der Waals surface area (Å²) in [5.74, 6) is -1.01. The lowest BCUT2D eigenvalue weighted by Crippen LogP contribution is -2.27. The van der Waals surface area contributed by atoms with Gasteiger partial charge in [0.1, 0.15) is 0 Å². The monoisotopic (exact) mass is 398 g/mol. The zero-order chi connectivity index (χ0) is 21.2. The highest BCUT2D eigenvalue weighted by Gasteiger charge is 2.21. The van der Waals surface area contributed by atoms with Crippen LogP contribution in [0.25, 0.3) is 0 Å².